The Morgan fingerprint density at radius 2 is 1.90 bits per heavy atom. The molecule has 1 aliphatic rings. The fraction of sp³-hybridized carbons (Fsp3) is 0.889. The monoisotopic (exact) mass is 137 g/mol. The SMILES string of the molecule is CC1CCC(CC#N)CC1. The van der Waals surface area contributed by atoms with Gasteiger partial charge in [0.05, 0.1) is 6.07 Å². The lowest BCUT2D eigenvalue weighted by atomic mass is 9.82. The summed E-state index contributed by atoms with van der Waals surface area (Å²) in [6, 6.07) is 2.25. The Labute approximate surface area is 63.0 Å². The fourth-order valence-corrected chi connectivity index (χ4v) is 1.66. The summed E-state index contributed by atoms with van der Waals surface area (Å²) in [6.07, 6.45) is 6.04. The Balaban J connectivity index is 2.21. The van der Waals surface area contributed by atoms with Gasteiger partial charge in [-0.25, -0.2) is 0 Å². The molecule has 1 nitrogen and oxygen atoms in total. The van der Waals surface area contributed by atoms with Gasteiger partial charge in [-0.3, -0.25) is 0 Å². The van der Waals surface area contributed by atoms with Crippen molar-refractivity contribution in [2.45, 2.75) is 39.0 Å². The lowest BCUT2D eigenvalue weighted by Crippen LogP contribution is -2.11. The Bertz CT molecular complexity index is 126. The van der Waals surface area contributed by atoms with E-state index in [1.54, 1.807) is 0 Å². The predicted molar refractivity (Wildman–Crippen MR) is 41.4 cm³/mol. The number of hydrogen-bond donors (Lipinski definition) is 0. The highest BCUT2D eigenvalue weighted by molar-refractivity contribution is 4.79. The summed E-state index contributed by atoms with van der Waals surface area (Å²) >= 11 is 0. The molecular formula is C9H15N. The second-order valence-electron chi connectivity index (χ2n) is 3.49. The Hall–Kier alpha value is -0.510. The molecule has 0 saturated heterocycles. The molecule has 0 aromatic rings. The molecule has 1 heteroatoms. The van der Waals surface area contributed by atoms with E-state index in [2.05, 4.69) is 13.0 Å². The van der Waals surface area contributed by atoms with Gasteiger partial charge in [0.1, 0.15) is 0 Å². The van der Waals surface area contributed by atoms with Gasteiger partial charge in [0.15, 0.2) is 0 Å². The van der Waals surface area contributed by atoms with Crippen molar-refractivity contribution >= 4 is 0 Å². The van der Waals surface area contributed by atoms with Gasteiger partial charge >= 0.3 is 0 Å². The lowest BCUT2D eigenvalue weighted by molar-refractivity contribution is 0.294. The van der Waals surface area contributed by atoms with Gasteiger partial charge in [-0.15, -0.1) is 0 Å². The summed E-state index contributed by atoms with van der Waals surface area (Å²) in [5.74, 6) is 1.64. The number of hydrogen-bond acceptors (Lipinski definition) is 1. The number of nitrogens with zero attached hydrogens (tertiary/aromatic N) is 1. The van der Waals surface area contributed by atoms with Crippen LogP contribution in [0.2, 0.25) is 0 Å². The van der Waals surface area contributed by atoms with Crippen molar-refractivity contribution in [1.82, 2.24) is 0 Å². The maximum absolute atomic E-state index is 8.43. The second-order valence-corrected chi connectivity index (χ2v) is 3.49. The molecule has 1 rings (SSSR count). The van der Waals surface area contributed by atoms with Crippen molar-refractivity contribution in [3.05, 3.63) is 0 Å². The van der Waals surface area contributed by atoms with Gasteiger partial charge < -0.3 is 0 Å². The van der Waals surface area contributed by atoms with Gasteiger partial charge in [0.2, 0.25) is 0 Å². The van der Waals surface area contributed by atoms with E-state index in [0.29, 0.717) is 0 Å². The molecule has 0 heterocycles. The van der Waals surface area contributed by atoms with Gasteiger partial charge in [-0.2, -0.15) is 5.26 Å². The normalized spacial score (nSPS) is 33.2. The first-order valence-electron chi connectivity index (χ1n) is 4.20. The standard InChI is InChI=1S/C9H15N/c1-8-2-4-9(5-3-8)6-7-10/h8-9H,2-6H2,1H3. The van der Waals surface area contributed by atoms with Crippen LogP contribution in [0.5, 0.6) is 0 Å². The molecule has 1 aliphatic carbocycles. The maximum atomic E-state index is 8.43. The summed E-state index contributed by atoms with van der Waals surface area (Å²) in [6.45, 7) is 2.31. The van der Waals surface area contributed by atoms with Crippen LogP contribution in [0.3, 0.4) is 0 Å². The van der Waals surface area contributed by atoms with Crippen molar-refractivity contribution in [2.75, 3.05) is 0 Å². The highest BCUT2D eigenvalue weighted by atomic mass is 14.3. The van der Waals surface area contributed by atoms with E-state index in [9.17, 15) is 0 Å². The fourth-order valence-electron chi connectivity index (χ4n) is 1.66. The zero-order valence-electron chi connectivity index (χ0n) is 6.64. The molecular weight excluding hydrogens is 122 g/mol. The van der Waals surface area contributed by atoms with Crippen LogP contribution in [0.15, 0.2) is 0 Å². The third-order valence-electron chi connectivity index (χ3n) is 2.52. The summed E-state index contributed by atoms with van der Waals surface area (Å²) in [5, 5.41) is 8.43. The van der Waals surface area contributed by atoms with Crippen molar-refractivity contribution in [1.29, 1.82) is 5.26 Å². The third-order valence-corrected chi connectivity index (χ3v) is 2.52. The highest BCUT2D eigenvalue weighted by Gasteiger charge is 2.17. The molecule has 0 atom stereocenters. The lowest BCUT2D eigenvalue weighted by Gasteiger charge is -2.23. The average Bonchev–Trinajstić information content (AvgIpc) is 1.95. The van der Waals surface area contributed by atoms with Gasteiger partial charge in [0, 0.05) is 6.42 Å². The van der Waals surface area contributed by atoms with Crippen molar-refractivity contribution in [2.24, 2.45) is 11.8 Å². The highest BCUT2D eigenvalue weighted by Crippen LogP contribution is 2.29. The zero-order chi connectivity index (χ0) is 7.40. The van der Waals surface area contributed by atoms with E-state index < -0.39 is 0 Å². The number of rotatable bonds is 1. The quantitative estimate of drug-likeness (QED) is 0.545. The smallest absolute Gasteiger partial charge is 0.0624 e. The second kappa shape index (κ2) is 3.61. The molecule has 0 aromatic heterocycles. The van der Waals surface area contributed by atoms with Crippen LogP contribution in [-0.2, 0) is 0 Å². The van der Waals surface area contributed by atoms with Gasteiger partial charge in [-0.1, -0.05) is 19.8 Å². The number of nitriles is 1. The van der Waals surface area contributed by atoms with Gasteiger partial charge in [0.25, 0.3) is 0 Å². The van der Waals surface area contributed by atoms with Crippen LogP contribution in [-0.4, -0.2) is 0 Å². The van der Waals surface area contributed by atoms with Crippen LogP contribution >= 0.6 is 0 Å². The molecule has 10 heavy (non-hydrogen) atoms. The van der Waals surface area contributed by atoms with Crippen LogP contribution in [0.1, 0.15) is 39.0 Å². The average molecular weight is 137 g/mol. The summed E-state index contributed by atoms with van der Waals surface area (Å²) in [5.41, 5.74) is 0. The first-order chi connectivity index (χ1) is 4.83. The Morgan fingerprint density at radius 3 is 2.40 bits per heavy atom. The van der Waals surface area contributed by atoms with Crippen molar-refractivity contribution < 1.29 is 0 Å². The van der Waals surface area contributed by atoms with Crippen LogP contribution in [0.4, 0.5) is 0 Å². The van der Waals surface area contributed by atoms with E-state index >= 15 is 0 Å². The molecule has 56 valence electrons. The summed E-state index contributed by atoms with van der Waals surface area (Å²) in [4.78, 5) is 0. The minimum Gasteiger partial charge on any atom is -0.198 e. The molecule has 0 aromatic carbocycles. The molecule has 0 N–H and O–H groups in total. The largest absolute Gasteiger partial charge is 0.198 e. The van der Waals surface area contributed by atoms with Crippen molar-refractivity contribution in [3.63, 3.8) is 0 Å². The Morgan fingerprint density at radius 1 is 1.30 bits per heavy atom. The van der Waals surface area contributed by atoms with Crippen LogP contribution in [0.25, 0.3) is 0 Å². The third kappa shape index (κ3) is 2.02. The van der Waals surface area contributed by atoms with Crippen LogP contribution in [0, 0.1) is 23.2 Å². The minimum absolute atomic E-state index is 0.723. The zero-order valence-corrected chi connectivity index (χ0v) is 6.64. The maximum Gasteiger partial charge on any atom is 0.0624 e. The van der Waals surface area contributed by atoms with E-state index in [4.69, 9.17) is 5.26 Å². The van der Waals surface area contributed by atoms with E-state index in [-0.39, 0.29) is 0 Å². The molecule has 0 spiro atoms. The van der Waals surface area contributed by atoms with Crippen LogP contribution < -0.4 is 0 Å². The first-order valence-corrected chi connectivity index (χ1v) is 4.20. The molecule has 1 saturated carbocycles. The van der Waals surface area contributed by atoms with E-state index in [0.717, 1.165) is 18.3 Å². The summed E-state index contributed by atoms with van der Waals surface area (Å²) in [7, 11) is 0. The molecule has 1 fully saturated rings. The molecule has 0 aliphatic heterocycles. The molecule has 0 radical (unpaired) electrons. The van der Waals surface area contributed by atoms with Crippen molar-refractivity contribution in [3.8, 4) is 6.07 Å². The predicted octanol–water partition coefficient (Wildman–Crippen LogP) is 2.73. The van der Waals surface area contributed by atoms with E-state index in [1.807, 2.05) is 0 Å². The van der Waals surface area contributed by atoms with Gasteiger partial charge in [-0.05, 0) is 24.7 Å². The Kier molecular flexibility index (Phi) is 2.74. The summed E-state index contributed by atoms with van der Waals surface area (Å²) < 4.78 is 0. The topological polar surface area (TPSA) is 23.8 Å². The molecule has 0 unspecified atom stereocenters. The first kappa shape index (κ1) is 7.60. The molecule has 0 bridgehead atoms. The minimum atomic E-state index is 0.723. The van der Waals surface area contributed by atoms with E-state index in [1.165, 1.54) is 25.7 Å². The molecule has 0 amide bonds.